The van der Waals surface area contributed by atoms with Crippen LogP contribution >= 0.6 is 0 Å². The average Bonchev–Trinajstić information content (AvgIpc) is 2.64. The van der Waals surface area contributed by atoms with E-state index in [9.17, 15) is 4.79 Å². The summed E-state index contributed by atoms with van der Waals surface area (Å²) in [5.41, 5.74) is 2.57. The summed E-state index contributed by atoms with van der Waals surface area (Å²) in [6.07, 6.45) is 3.85. The van der Waals surface area contributed by atoms with E-state index in [1.165, 1.54) is 0 Å². The number of fused-ring (bicyclic) bond motifs is 1. The van der Waals surface area contributed by atoms with Crippen molar-refractivity contribution in [2.75, 3.05) is 5.32 Å². The van der Waals surface area contributed by atoms with Gasteiger partial charge >= 0.3 is 0 Å². The van der Waals surface area contributed by atoms with Crippen LogP contribution in [0, 0.1) is 0 Å². The SMILES string of the molecule is O=c1[nH]c(Nc2ccc(Oc3ccccc3)cc2)nc2c1CCCC2. The summed E-state index contributed by atoms with van der Waals surface area (Å²) in [6.45, 7) is 0. The van der Waals surface area contributed by atoms with E-state index >= 15 is 0 Å². The quantitative estimate of drug-likeness (QED) is 0.751. The number of hydrogen-bond donors (Lipinski definition) is 2. The number of para-hydroxylation sites is 1. The molecule has 1 aliphatic rings. The van der Waals surface area contributed by atoms with Gasteiger partial charge in [0.05, 0.1) is 5.69 Å². The summed E-state index contributed by atoms with van der Waals surface area (Å²) in [7, 11) is 0. The topological polar surface area (TPSA) is 67.0 Å². The second-order valence-electron chi connectivity index (χ2n) is 6.11. The van der Waals surface area contributed by atoms with Crippen molar-refractivity contribution < 1.29 is 4.74 Å². The van der Waals surface area contributed by atoms with Crippen LogP contribution in [0.4, 0.5) is 11.6 Å². The van der Waals surface area contributed by atoms with E-state index < -0.39 is 0 Å². The number of nitrogens with one attached hydrogen (secondary N) is 2. The molecular weight excluding hydrogens is 314 g/mol. The van der Waals surface area contributed by atoms with E-state index in [0.29, 0.717) is 5.95 Å². The maximum absolute atomic E-state index is 12.2. The van der Waals surface area contributed by atoms with Crippen LogP contribution in [0.25, 0.3) is 0 Å². The van der Waals surface area contributed by atoms with Crippen molar-refractivity contribution in [3.8, 4) is 11.5 Å². The Kier molecular flexibility index (Phi) is 4.21. The molecule has 2 N–H and O–H groups in total. The van der Waals surface area contributed by atoms with Crippen LogP contribution in [0.5, 0.6) is 11.5 Å². The Bertz CT molecular complexity index is 918. The van der Waals surface area contributed by atoms with Crippen LogP contribution in [0.2, 0.25) is 0 Å². The van der Waals surface area contributed by atoms with Gasteiger partial charge < -0.3 is 10.1 Å². The Hall–Kier alpha value is -3.08. The smallest absolute Gasteiger partial charge is 0.255 e. The maximum Gasteiger partial charge on any atom is 0.255 e. The number of nitrogens with zero attached hydrogens (tertiary/aromatic N) is 1. The minimum Gasteiger partial charge on any atom is -0.457 e. The van der Waals surface area contributed by atoms with E-state index in [0.717, 1.165) is 54.1 Å². The molecule has 0 unspecified atom stereocenters. The molecule has 0 bridgehead atoms. The molecule has 0 amide bonds. The van der Waals surface area contributed by atoms with E-state index in [2.05, 4.69) is 15.3 Å². The van der Waals surface area contributed by atoms with Gasteiger partial charge in [0.2, 0.25) is 5.95 Å². The van der Waals surface area contributed by atoms with Gasteiger partial charge in [-0.1, -0.05) is 18.2 Å². The number of rotatable bonds is 4. The highest BCUT2D eigenvalue weighted by atomic mass is 16.5. The second-order valence-corrected chi connectivity index (χ2v) is 6.11. The molecular formula is C20H19N3O2. The first-order chi connectivity index (χ1) is 12.3. The Morgan fingerprint density at radius 2 is 1.64 bits per heavy atom. The molecule has 0 atom stereocenters. The number of aryl methyl sites for hydroxylation is 1. The molecule has 1 aromatic heterocycles. The summed E-state index contributed by atoms with van der Waals surface area (Å²) < 4.78 is 5.78. The third kappa shape index (κ3) is 3.55. The molecule has 2 aromatic carbocycles. The van der Waals surface area contributed by atoms with Gasteiger partial charge in [-0.25, -0.2) is 4.98 Å². The molecule has 1 aliphatic carbocycles. The molecule has 4 rings (SSSR count). The Balaban J connectivity index is 1.50. The number of benzene rings is 2. The van der Waals surface area contributed by atoms with E-state index in [1.807, 2.05) is 54.6 Å². The van der Waals surface area contributed by atoms with E-state index in [-0.39, 0.29) is 5.56 Å². The lowest BCUT2D eigenvalue weighted by atomic mass is 9.97. The number of ether oxygens (including phenoxy) is 1. The first kappa shape index (κ1) is 15.4. The van der Waals surface area contributed by atoms with Gasteiger partial charge in [0, 0.05) is 11.3 Å². The maximum atomic E-state index is 12.2. The van der Waals surface area contributed by atoms with Crippen molar-refractivity contribution in [1.82, 2.24) is 9.97 Å². The first-order valence-electron chi connectivity index (χ1n) is 8.50. The van der Waals surface area contributed by atoms with Crippen LogP contribution in [-0.4, -0.2) is 9.97 Å². The van der Waals surface area contributed by atoms with Gasteiger partial charge in [0.1, 0.15) is 11.5 Å². The molecule has 0 saturated heterocycles. The van der Waals surface area contributed by atoms with Gasteiger partial charge in [-0.15, -0.1) is 0 Å². The fourth-order valence-corrected chi connectivity index (χ4v) is 3.03. The zero-order chi connectivity index (χ0) is 17.1. The number of anilines is 2. The highest BCUT2D eigenvalue weighted by Crippen LogP contribution is 2.24. The second kappa shape index (κ2) is 6.81. The Morgan fingerprint density at radius 3 is 2.44 bits per heavy atom. The highest BCUT2D eigenvalue weighted by Gasteiger charge is 2.15. The molecule has 0 saturated carbocycles. The van der Waals surface area contributed by atoms with Gasteiger partial charge in [-0.2, -0.15) is 0 Å². The zero-order valence-corrected chi connectivity index (χ0v) is 13.8. The Labute approximate surface area is 145 Å². The number of hydrogen-bond acceptors (Lipinski definition) is 4. The van der Waals surface area contributed by atoms with Gasteiger partial charge in [0.25, 0.3) is 5.56 Å². The van der Waals surface area contributed by atoms with Crippen molar-refractivity contribution in [3.05, 3.63) is 76.2 Å². The minimum absolute atomic E-state index is 0.0313. The summed E-state index contributed by atoms with van der Waals surface area (Å²) >= 11 is 0. The van der Waals surface area contributed by atoms with Crippen molar-refractivity contribution in [2.24, 2.45) is 0 Å². The van der Waals surface area contributed by atoms with Crippen LogP contribution in [0.15, 0.2) is 59.4 Å². The molecule has 0 aliphatic heterocycles. The van der Waals surface area contributed by atoms with E-state index in [4.69, 9.17) is 4.74 Å². The summed E-state index contributed by atoms with van der Waals surface area (Å²) in [6, 6.07) is 17.2. The third-order valence-electron chi connectivity index (χ3n) is 4.29. The third-order valence-corrected chi connectivity index (χ3v) is 4.29. The predicted octanol–water partition coefficient (Wildman–Crippen LogP) is 4.18. The van der Waals surface area contributed by atoms with Crippen molar-refractivity contribution >= 4 is 11.6 Å². The lowest BCUT2D eigenvalue weighted by Crippen LogP contribution is -2.22. The molecule has 25 heavy (non-hydrogen) atoms. The zero-order valence-electron chi connectivity index (χ0n) is 13.8. The standard InChI is InChI=1S/C20H19N3O2/c24-19-17-8-4-5-9-18(17)22-20(23-19)21-14-10-12-16(13-11-14)25-15-6-2-1-3-7-15/h1-3,6-7,10-13H,4-5,8-9H2,(H2,21,22,23,24). The van der Waals surface area contributed by atoms with Crippen molar-refractivity contribution in [1.29, 1.82) is 0 Å². The normalized spacial score (nSPS) is 13.1. The lowest BCUT2D eigenvalue weighted by molar-refractivity contribution is 0.483. The molecule has 5 heteroatoms. The first-order valence-corrected chi connectivity index (χ1v) is 8.50. The van der Waals surface area contributed by atoms with Crippen LogP contribution < -0.4 is 15.6 Å². The highest BCUT2D eigenvalue weighted by molar-refractivity contribution is 5.55. The van der Waals surface area contributed by atoms with Crippen LogP contribution in [-0.2, 0) is 12.8 Å². The molecule has 5 nitrogen and oxygen atoms in total. The fraction of sp³-hybridized carbons (Fsp3) is 0.200. The molecule has 0 spiro atoms. The molecule has 0 fully saturated rings. The van der Waals surface area contributed by atoms with E-state index in [1.54, 1.807) is 0 Å². The average molecular weight is 333 g/mol. The molecule has 126 valence electrons. The summed E-state index contributed by atoms with van der Waals surface area (Å²) in [5, 5.41) is 3.16. The van der Waals surface area contributed by atoms with Crippen LogP contribution in [0.1, 0.15) is 24.1 Å². The Morgan fingerprint density at radius 1 is 0.920 bits per heavy atom. The largest absolute Gasteiger partial charge is 0.457 e. The fourth-order valence-electron chi connectivity index (χ4n) is 3.03. The van der Waals surface area contributed by atoms with Gasteiger partial charge in [-0.3, -0.25) is 9.78 Å². The number of aromatic nitrogens is 2. The number of H-pyrrole nitrogens is 1. The monoisotopic (exact) mass is 333 g/mol. The number of aromatic amines is 1. The van der Waals surface area contributed by atoms with Gasteiger partial charge in [0.15, 0.2) is 0 Å². The van der Waals surface area contributed by atoms with Crippen LogP contribution in [0.3, 0.4) is 0 Å². The van der Waals surface area contributed by atoms with Crippen molar-refractivity contribution in [3.63, 3.8) is 0 Å². The minimum atomic E-state index is -0.0313. The lowest BCUT2D eigenvalue weighted by Gasteiger charge is -2.15. The molecule has 3 aromatic rings. The predicted molar refractivity (Wildman–Crippen MR) is 97.7 cm³/mol. The molecule has 1 heterocycles. The van der Waals surface area contributed by atoms with Crippen molar-refractivity contribution in [2.45, 2.75) is 25.7 Å². The summed E-state index contributed by atoms with van der Waals surface area (Å²) in [5.74, 6) is 2.04. The summed E-state index contributed by atoms with van der Waals surface area (Å²) in [4.78, 5) is 19.6. The van der Waals surface area contributed by atoms with Gasteiger partial charge in [-0.05, 0) is 62.1 Å². The molecule has 0 radical (unpaired) electrons.